The highest BCUT2D eigenvalue weighted by Crippen LogP contribution is 2.30. The number of rotatable bonds is 5. The summed E-state index contributed by atoms with van der Waals surface area (Å²) in [5.74, 6) is 0.452. The van der Waals surface area contributed by atoms with Crippen molar-refractivity contribution in [1.29, 1.82) is 0 Å². The molecule has 22 heavy (non-hydrogen) atoms. The minimum Gasteiger partial charge on any atom is -0.353 e. The van der Waals surface area contributed by atoms with E-state index in [2.05, 4.69) is 15.6 Å². The molecule has 0 unspecified atom stereocenters. The number of carbonyl (C=O) groups is 2. The van der Waals surface area contributed by atoms with Crippen LogP contribution in [-0.4, -0.2) is 22.8 Å². The minimum absolute atomic E-state index is 0.0480. The number of hydrogen-bond donors (Lipinski definition) is 2. The van der Waals surface area contributed by atoms with Crippen LogP contribution >= 0.6 is 0 Å². The van der Waals surface area contributed by atoms with E-state index in [0.717, 1.165) is 44.1 Å². The van der Waals surface area contributed by atoms with Gasteiger partial charge in [0.25, 0.3) is 0 Å². The van der Waals surface area contributed by atoms with Crippen LogP contribution in [0.3, 0.4) is 0 Å². The van der Waals surface area contributed by atoms with Gasteiger partial charge in [-0.05, 0) is 56.2 Å². The average Bonchev–Trinajstić information content (AvgIpc) is 3.37. The Kier molecular flexibility index (Phi) is 4.71. The highest BCUT2D eigenvalue weighted by atomic mass is 16.2. The standard InChI is InChI=1S/C17H23N3O2/c21-16(19-11-12-7-9-18-10-8-12)13-1-3-14(4-2-13)17(22)20-15-5-6-15/h7-10,13-15H,1-6,11H2,(H,19,21)(H,20,22). The zero-order valence-electron chi connectivity index (χ0n) is 12.8. The Bertz CT molecular complexity index is 520. The van der Waals surface area contributed by atoms with Crippen LogP contribution in [0.4, 0.5) is 0 Å². The van der Waals surface area contributed by atoms with Gasteiger partial charge in [0.15, 0.2) is 0 Å². The van der Waals surface area contributed by atoms with Crippen LogP contribution in [-0.2, 0) is 16.1 Å². The molecule has 0 aromatic carbocycles. The maximum absolute atomic E-state index is 12.2. The van der Waals surface area contributed by atoms with E-state index in [0.29, 0.717) is 12.6 Å². The summed E-state index contributed by atoms with van der Waals surface area (Å²) in [5.41, 5.74) is 1.06. The van der Waals surface area contributed by atoms with Gasteiger partial charge in [-0.15, -0.1) is 0 Å². The van der Waals surface area contributed by atoms with E-state index in [1.807, 2.05) is 12.1 Å². The van der Waals surface area contributed by atoms with Crippen LogP contribution in [0.1, 0.15) is 44.1 Å². The van der Waals surface area contributed by atoms with Crippen molar-refractivity contribution in [3.63, 3.8) is 0 Å². The quantitative estimate of drug-likeness (QED) is 0.871. The van der Waals surface area contributed by atoms with Crippen molar-refractivity contribution in [2.24, 2.45) is 11.8 Å². The van der Waals surface area contributed by atoms with E-state index in [-0.39, 0.29) is 23.7 Å². The highest BCUT2D eigenvalue weighted by molar-refractivity contribution is 5.81. The summed E-state index contributed by atoms with van der Waals surface area (Å²) >= 11 is 0. The van der Waals surface area contributed by atoms with Crippen molar-refractivity contribution in [2.75, 3.05) is 0 Å². The summed E-state index contributed by atoms with van der Waals surface area (Å²) in [5, 5.41) is 6.06. The molecule has 1 heterocycles. The normalized spacial score (nSPS) is 24.5. The van der Waals surface area contributed by atoms with Gasteiger partial charge in [0.05, 0.1) is 0 Å². The first-order chi connectivity index (χ1) is 10.7. The fourth-order valence-electron chi connectivity index (χ4n) is 3.00. The van der Waals surface area contributed by atoms with Crippen molar-refractivity contribution in [1.82, 2.24) is 15.6 Å². The first kappa shape index (κ1) is 15.0. The maximum atomic E-state index is 12.2. The first-order valence-corrected chi connectivity index (χ1v) is 8.19. The molecule has 0 radical (unpaired) electrons. The third kappa shape index (κ3) is 4.06. The van der Waals surface area contributed by atoms with Crippen LogP contribution in [0.25, 0.3) is 0 Å². The largest absolute Gasteiger partial charge is 0.353 e. The number of hydrogen-bond acceptors (Lipinski definition) is 3. The molecule has 5 nitrogen and oxygen atoms in total. The van der Waals surface area contributed by atoms with Gasteiger partial charge in [-0.2, -0.15) is 0 Å². The zero-order valence-corrected chi connectivity index (χ0v) is 12.8. The van der Waals surface area contributed by atoms with Crippen LogP contribution in [0.2, 0.25) is 0 Å². The number of carbonyl (C=O) groups excluding carboxylic acids is 2. The molecule has 1 aromatic rings. The zero-order chi connectivity index (χ0) is 15.4. The lowest BCUT2D eigenvalue weighted by Gasteiger charge is -2.27. The van der Waals surface area contributed by atoms with Crippen molar-refractivity contribution >= 4 is 11.8 Å². The lowest BCUT2D eigenvalue weighted by molar-refractivity contribution is -0.130. The second-order valence-electron chi connectivity index (χ2n) is 6.40. The fourth-order valence-corrected chi connectivity index (χ4v) is 3.00. The molecule has 2 aliphatic rings. The van der Waals surface area contributed by atoms with Crippen molar-refractivity contribution < 1.29 is 9.59 Å². The first-order valence-electron chi connectivity index (χ1n) is 8.19. The van der Waals surface area contributed by atoms with Crippen molar-refractivity contribution in [3.8, 4) is 0 Å². The Labute approximate surface area is 130 Å². The summed E-state index contributed by atoms with van der Waals surface area (Å²) in [7, 11) is 0. The van der Waals surface area contributed by atoms with Gasteiger partial charge in [0.2, 0.25) is 11.8 Å². The number of pyridine rings is 1. The average molecular weight is 301 g/mol. The van der Waals surface area contributed by atoms with Gasteiger partial charge in [-0.3, -0.25) is 14.6 Å². The number of nitrogens with one attached hydrogen (secondary N) is 2. The summed E-state index contributed by atoms with van der Waals surface area (Å²) < 4.78 is 0. The molecule has 0 atom stereocenters. The number of amides is 2. The van der Waals surface area contributed by atoms with Gasteiger partial charge in [0, 0.05) is 36.8 Å². The Balaban J connectivity index is 1.40. The lowest BCUT2D eigenvalue weighted by atomic mass is 9.81. The Hall–Kier alpha value is -1.91. The monoisotopic (exact) mass is 301 g/mol. The molecular weight excluding hydrogens is 278 g/mol. The summed E-state index contributed by atoms with van der Waals surface area (Å²) in [6, 6.07) is 4.23. The molecule has 2 fully saturated rings. The van der Waals surface area contributed by atoms with Crippen LogP contribution in [0.5, 0.6) is 0 Å². The van der Waals surface area contributed by atoms with Gasteiger partial charge in [-0.25, -0.2) is 0 Å². The van der Waals surface area contributed by atoms with Gasteiger partial charge < -0.3 is 10.6 Å². The van der Waals surface area contributed by atoms with Crippen molar-refractivity contribution in [3.05, 3.63) is 30.1 Å². The predicted molar refractivity (Wildman–Crippen MR) is 82.7 cm³/mol. The SMILES string of the molecule is O=C(NCc1ccncc1)C1CCC(C(=O)NC2CC2)CC1. The molecule has 0 bridgehead atoms. The smallest absolute Gasteiger partial charge is 0.223 e. The molecule has 2 aliphatic carbocycles. The fraction of sp³-hybridized carbons (Fsp3) is 0.588. The topological polar surface area (TPSA) is 71.1 Å². The van der Waals surface area contributed by atoms with Crippen molar-refractivity contribution in [2.45, 2.75) is 51.1 Å². The van der Waals surface area contributed by atoms with E-state index < -0.39 is 0 Å². The van der Waals surface area contributed by atoms with E-state index >= 15 is 0 Å². The Morgan fingerprint density at radius 1 is 0.955 bits per heavy atom. The highest BCUT2D eigenvalue weighted by Gasteiger charge is 2.32. The van der Waals surface area contributed by atoms with E-state index in [1.165, 1.54) is 0 Å². The molecule has 2 amide bonds. The second-order valence-corrected chi connectivity index (χ2v) is 6.40. The van der Waals surface area contributed by atoms with E-state index in [9.17, 15) is 9.59 Å². The summed E-state index contributed by atoms with van der Waals surface area (Å²) in [4.78, 5) is 28.2. The molecule has 0 spiro atoms. The van der Waals surface area contributed by atoms with Crippen LogP contribution in [0.15, 0.2) is 24.5 Å². The summed E-state index contributed by atoms with van der Waals surface area (Å²) in [6.07, 6.45) is 8.97. The second kappa shape index (κ2) is 6.90. The molecule has 5 heteroatoms. The van der Waals surface area contributed by atoms with Crippen LogP contribution in [0, 0.1) is 11.8 Å². The Morgan fingerprint density at radius 2 is 1.55 bits per heavy atom. The number of aromatic nitrogens is 1. The number of nitrogens with zero attached hydrogens (tertiary/aromatic N) is 1. The third-order valence-corrected chi connectivity index (χ3v) is 4.61. The Morgan fingerprint density at radius 3 is 2.14 bits per heavy atom. The van der Waals surface area contributed by atoms with E-state index in [1.54, 1.807) is 12.4 Å². The van der Waals surface area contributed by atoms with Gasteiger partial charge in [-0.1, -0.05) is 0 Å². The van der Waals surface area contributed by atoms with Gasteiger partial charge in [0.1, 0.15) is 0 Å². The van der Waals surface area contributed by atoms with E-state index in [4.69, 9.17) is 0 Å². The maximum Gasteiger partial charge on any atom is 0.223 e. The molecule has 1 aromatic heterocycles. The lowest BCUT2D eigenvalue weighted by Crippen LogP contribution is -2.38. The van der Waals surface area contributed by atoms with Gasteiger partial charge >= 0.3 is 0 Å². The molecule has 3 rings (SSSR count). The third-order valence-electron chi connectivity index (χ3n) is 4.61. The molecule has 0 saturated heterocycles. The van der Waals surface area contributed by atoms with Crippen LogP contribution < -0.4 is 10.6 Å². The molecule has 0 aliphatic heterocycles. The molecule has 118 valence electrons. The molecule has 2 N–H and O–H groups in total. The molecular formula is C17H23N3O2. The predicted octanol–water partition coefficient (Wildman–Crippen LogP) is 1.78. The molecule has 2 saturated carbocycles. The minimum atomic E-state index is 0.0480. The summed E-state index contributed by atoms with van der Waals surface area (Å²) in [6.45, 7) is 0.545.